The van der Waals surface area contributed by atoms with Gasteiger partial charge in [0, 0.05) is 59.5 Å². The third kappa shape index (κ3) is 5.38. The van der Waals surface area contributed by atoms with Crippen LogP contribution in [0.15, 0.2) is 134 Å². The minimum Gasteiger partial charge on any atom is -0.309 e. The van der Waals surface area contributed by atoms with Crippen LogP contribution >= 0.6 is 0 Å². The van der Waals surface area contributed by atoms with Crippen molar-refractivity contribution >= 4 is 21.8 Å². The zero-order valence-electron chi connectivity index (χ0n) is 30.8. The summed E-state index contributed by atoms with van der Waals surface area (Å²) in [6.07, 6.45) is 1.87. The van der Waals surface area contributed by atoms with E-state index in [-0.39, 0.29) is 36.4 Å². The summed E-state index contributed by atoms with van der Waals surface area (Å²) in [7, 11) is 0. The Balaban J connectivity index is 0.00000400. The summed E-state index contributed by atoms with van der Waals surface area (Å²) in [5, 5.41) is 2.48. The summed E-state index contributed by atoms with van der Waals surface area (Å²) in [5.41, 5.74) is 10.9. The quantitative estimate of drug-likeness (QED) is 0.162. The molecule has 3 heterocycles. The molecule has 0 amide bonds. The fourth-order valence-electron chi connectivity index (χ4n) is 8.12. The number of fused-ring (bicyclic) bond motifs is 4. The van der Waals surface area contributed by atoms with Crippen LogP contribution in [0.5, 0.6) is 0 Å². The number of nitrogens with zero attached hydrogens (tertiary/aromatic N) is 5. The van der Waals surface area contributed by atoms with Gasteiger partial charge in [0.2, 0.25) is 0 Å². The molecule has 53 heavy (non-hydrogen) atoms. The van der Waals surface area contributed by atoms with E-state index in [1.807, 2.05) is 36.5 Å². The smallest absolute Gasteiger partial charge is 0.165 e. The van der Waals surface area contributed by atoms with Gasteiger partial charge in [0.15, 0.2) is 17.5 Å². The summed E-state index contributed by atoms with van der Waals surface area (Å²) in [4.78, 5) is 19.9. The van der Waals surface area contributed by atoms with Gasteiger partial charge in [-0.2, -0.15) is 0 Å². The zero-order chi connectivity index (χ0) is 35.8. The van der Waals surface area contributed by atoms with Gasteiger partial charge >= 0.3 is 0 Å². The molecule has 1 radical (unpaired) electrons. The molecule has 0 spiro atoms. The van der Waals surface area contributed by atoms with Crippen LogP contribution in [0.25, 0.3) is 72.9 Å². The second kappa shape index (κ2) is 12.7. The number of aromatic nitrogens is 5. The van der Waals surface area contributed by atoms with Crippen LogP contribution in [0.1, 0.15) is 52.7 Å². The molecule has 1 aliphatic carbocycles. The largest absolute Gasteiger partial charge is 0.309 e. The molecule has 0 unspecified atom stereocenters. The van der Waals surface area contributed by atoms with Crippen LogP contribution in [0, 0.1) is 11.5 Å². The summed E-state index contributed by atoms with van der Waals surface area (Å²) in [6.45, 7) is 14.2. The molecule has 0 fully saturated rings. The molecule has 0 aliphatic heterocycles. The van der Waals surface area contributed by atoms with Crippen molar-refractivity contribution in [1.29, 1.82) is 0 Å². The maximum Gasteiger partial charge on any atom is 0.165 e. The van der Waals surface area contributed by atoms with E-state index >= 15 is 0 Å². The molecule has 263 valence electrons. The molecule has 3 aromatic heterocycles. The average Bonchev–Trinajstić information content (AvgIpc) is 3.56. The van der Waals surface area contributed by atoms with Gasteiger partial charge in [0.1, 0.15) is 0 Å². The molecule has 5 aromatic carbocycles. The van der Waals surface area contributed by atoms with Gasteiger partial charge < -0.3 is 9.55 Å². The number of hydrogen-bond acceptors (Lipinski definition) is 4. The van der Waals surface area contributed by atoms with Crippen molar-refractivity contribution in [3.63, 3.8) is 0 Å². The van der Waals surface area contributed by atoms with Crippen LogP contribution < -0.4 is 0 Å². The minimum atomic E-state index is 0. The first kappa shape index (κ1) is 34.8. The summed E-state index contributed by atoms with van der Waals surface area (Å²) >= 11 is 0. The summed E-state index contributed by atoms with van der Waals surface area (Å²) < 4.78 is 2.32. The first-order chi connectivity index (χ1) is 25.0. The van der Waals surface area contributed by atoms with Crippen molar-refractivity contribution in [1.82, 2.24) is 24.5 Å². The number of benzene rings is 5. The predicted molar refractivity (Wildman–Crippen MR) is 212 cm³/mol. The van der Waals surface area contributed by atoms with Crippen molar-refractivity contribution in [2.45, 2.75) is 52.4 Å². The third-order valence-electron chi connectivity index (χ3n) is 12.4. The van der Waals surface area contributed by atoms with Crippen molar-refractivity contribution in [3.05, 3.63) is 151 Å². The maximum atomic E-state index is 5.02. The van der Waals surface area contributed by atoms with E-state index in [0.717, 1.165) is 33.6 Å². The Hall–Kier alpha value is -5.29. The number of hydrogen-bond donors (Lipinski definition) is 0. The van der Waals surface area contributed by atoms with Crippen LogP contribution in [0.4, 0.5) is 0 Å². The Kier molecular flexibility index (Phi) is 8.32. The van der Waals surface area contributed by atoms with Gasteiger partial charge in [-0.3, -0.25) is 0 Å². The number of pyridine rings is 1. The van der Waals surface area contributed by atoms with Crippen LogP contribution in [-0.4, -0.2) is 24.5 Å². The van der Waals surface area contributed by atoms with E-state index < -0.39 is 0 Å². The van der Waals surface area contributed by atoms with E-state index in [4.69, 9.17) is 19.9 Å². The van der Waals surface area contributed by atoms with Crippen molar-refractivity contribution in [2.75, 3.05) is 0 Å². The van der Waals surface area contributed by atoms with Crippen LogP contribution in [0.2, 0.25) is 0 Å². The van der Waals surface area contributed by atoms with Crippen LogP contribution in [0.3, 0.4) is 0 Å². The Labute approximate surface area is 324 Å². The summed E-state index contributed by atoms with van der Waals surface area (Å²) in [5.74, 6) is 1.81. The van der Waals surface area contributed by atoms with Crippen molar-refractivity contribution in [3.8, 4) is 51.1 Å². The Morgan fingerprint density at radius 3 is 1.62 bits per heavy atom. The number of para-hydroxylation sites is 2. The second-order valence-corrected chi connectivity index (χ2v) is 15.6. The molecule has 6 heteroatoms. The molecule has 8 aromatic rings. The maximum absolute atomic E-state index is 5.02. The van der Waals surface area contributed by atoms with Gasteiger partial charge in [-0.05, 0) is 58.3 Å². The van der Waals surface area contributed by atoms with Gasteiger partial charge in [0.05, 0.1) is 11.0 Å². The first-order valence-electron chi connectivity index (χ1n) is 18.0. The van der Waals surface area contributed by atoms with E-state index in [2.05, 4.69) is 149 Å². The molecular weight excluding hydrogens is 827 g/mol. The Morgan fingerprint density at radius 2 is 1.04 bits per heavy atom. The van der Waals surface area contributed by atoms with Crippen LogP contribution in [-0.2, 0) is 30.9 Å². The topological polar surface area (TPSA) is 56.5 Å². The minimum absolute atomic E-state index is 0. The van der Waals surface area contributed by atoms with Gasteiger partial charge in [0.25, 0.3) is 0 Å². The van der Waals surface area contributed by atoms with Gasteiger partial charge in [-0.25, -0.2) is 15.0 Å². The molecular formula is C47H40IrN5-. The fourth-order valence-corrected chi connectivity index (χ4v) is 8.12. The molecule has 0 saturated carbocycles. The molecule has 0 atom stereocenters. The van der Waals surface area contributed by atoms with Gasteiger partial charge in [-0.15, -0.1) is 34.9 Å². The molecule has 0 N–H and O–H groups in total. The normalized spacial score (nSPS) is 15.3. The van der Waals surface area contributed by atoms with E-state index in [9.17, 15) is 0 Å². The predicted octanol–water partition coefficient (Wildman–Crippen LogP) is 11.4. The third-order valence-corrected chi connectivity index (χ3v) is 12.4. The monoisotopic (exact) mass is 867 g/mol. The summed E-state index contributed by atoms with van der Waals surface area (Å²) in [6, 6.07) is 47.8. The number of rotatable bonds is 5. The van der Waals surface area contributed by atoms with E-state index in [0.29, 0.717) is 17.5 Å². The standard InChI is InChI=1S/C47H40N5.Ir/c1-45(2)37-26-22-32(28-38(37)46(3,4)47(45,5)6)39-27-23-33(29-48-39)44-50-42(30-14-8-7-9-15-30)49-43(51-44)31-20-24-34(25-21-31)52-40-18-12-10-16-35(40)36-17-11-13-19-41(36)52;/h7-21,23-29H,1-6H3;/q-1;. The molecule has 5 nitrogen and oxygen atoms in total. The molecule has 0 bridgehead atoms. The molecule has 9 rings (SSSR count). The first-order valence-corrected chi connectivity index (χ1v) is 18.0. The average molecular weight is 867 g/mol. The van der Waals surface area contributed by atoms with Crippen molar-refractivity contribution in [2.24, 2.45) is 5.41 Å². The van der Waals surface area contributed by atoms with E-state index in [1.54, 1.807) is 0 Å². The van der Waals surface area contributed by atoms with Gasteiger partial charge in [-0.1, -0.05) is 120 Å². The Morgan fingerprint density at radius 1 is 0.528 bits per heavy atom. The zero-order valence-corrected chi connectivity index (χ0v) is 33.2. The van der Waals surface area contributed by atoms with Crippen molar-refractivity contribution < 1.29 is 20.1 Å². The molecule has 0 saturated heterocycles. The second-order valence-electron chi connectivity index (χ2n) is 15.6. The SMILES string of the molecule is CC1(C)c2c[c-]c(-c3ccc(-c4nc(-c5ccccc5)nc(-c5ccc(-n6c7ccccc7c7ccccc76)cc5)n4)cn3)cc2C(C)(C)C1(C)C.[Ir]. The molecule has 1 aliphatic rings. The van der Waals surface area contributed by atoms with E-state index in [1.165, 1.54) is 32.9 Å². The fraction of sp³-hybridized carbons (Fsp3) is 0.191. The Bertz CT molecular complexity index is 2580.